The Morgan fingerprint density at radius 1 is 1.18 bits per heavy atom. The average molecular weight is 456 g/mol. The van der Waals surface area contributed by atoms with E-state index < -0.39 is 12.1 Å². The van der Waals surface area contributed by atoms with Crippen LogP contribution in [-0.2, 0) is 22.4 Å². The number of aromatic carboxylic acids is 1. The van der Waals surface area contributed by atoms with E-state index in [1.54, 1.807) is 12.4 Å². The maximum Gasteiger partial charge on any atom is 0.336 e. The maximum absolute atomic E-state index is 11.9. The second-order valence-electron chi connectivity index (χ2n) is 9.35. The first-order valence-corrected chi connectivity index (χ1v) is 11.4. The summed E-state index contributed by atoms with van der Waals surface area (Å²) in [5, 5.41) is 19.5. The molecule has 2 aliphatic rings. The number of cyclic esters (lactones) is 1. The summed E-state index contributed by atoms with van der Waals surface area (Å²) in [5.74, 6) is -0.530. The van der Waals surface area contributed by atoms with Crippen LogP contribution in [0.25, 0.3) is 0 Å². The molecule has 7 nitrogen and oxygen atoms in total. The Labute approximate surface area is 194 Å². The van der Waals surface area contributed by atoms with Crippen LogP contribution < -0.4 is 4.74 Å². The molecule has 2 atom stereocenters. The third-order valence-electron chi connectivity index (χ3n) is 6.29. The van der Waals surface area contributed by atoms with Gasteiger partial charge in [-0.3, -0.25) is 9.78 Å². The molecule has 0 radical (unpaired) electrons. The largest absolute Gasteiger partial charge is 0.487 e. The molecule has 2 aliphatic heterocycles. The number of rotatable bonds is 4. The number of hydrogen-bond acceptors (Lipinski definition) is 6. The number of fused-ring (bicyclic) bond motifs is 1. The highest BCUT2D eigenvalue weighted by Crippen LogP contribution is 2.42. The van der Waals surface area contributed by atoms with Crippen LogP contribution in [0.4, 0.5) is 0 Å². The SMILES string of the molecule is Cc1c(CCC2CC(O)CC(=O)O2)c2c(c(C)c1C(=O)O)CCC(C)(C)O2.c1ccncc1. The molecule has 3 heterocycles. The average Bonchev–Trinajstić information content (AvgIpc) is 2.73. The van der Waals surface area contributed by atoms with Gasteiger partial charge in [-0.25, -0.2) is 4.79 Å². The van der Waals surface area contributed by atoms with Gasteiger partial charge in [-0.2, -0.15) is 0 Å². The Morgan fingerprint density at radius 3 is 2.42 bits per heavy atom. The fourth-order valence-electron chi connectivity index (χ4n) is 4.56. The van der Waals surface area contributed by atoms with Crippen molar-refractivity contribution in [3.63, 3.8) is 0 Å². The van der Waals surface area contributed by atoms with E-state index in [1.807, 2.05) is 45.9 Å². The number of aromatic nitrogens is 1. The lowest BCUT2D eigenvalue weighted by Crippen LogP contribution is -2.35. The molecule has 0 spiro atoms. The number of carboxylic acids is 1. The topological polar surface area (TPSA) is 106 Å². The lowest BCUT2D eigenvalue weighted by atomic mass is 9.83. The fourth-order valence-corrected chi connectivity index (χ4v) is 4.56. The molecule has 0 saturated carbocycles. The first kappa shape index (κ1) is 24.7. The van der Waals surface area contributed by atoms with Crippen LogP contribution in [0.2, 0.25) is 0 Å². The number of carboxylic acid groups (broad SMARTS) is 1. The molecule has 0 amide bonds. The Morgan fingerprint density at radius 2 is 1.88 bits per heavy atom. The van der Waals surface area contributed by atoms with Gasteiger partial charge < -0.3 is 19.7 Å². The fraction of sp³-hybridized carbons (Fsp3) is 0.500. The van der Waals surface area contributed by atoms with E-state index in [4.69, 9.17) is 9.47 Å². The van der Waals surface area contributed by atoms with Crippen LogP contribution in [0, 0.1) is 13.8 Å². The summed E-state index contributed by atoms with van der Waals surface area (Å²) in [4.78, 5) is 27.2. The summed E-state index contributed by atoms with van der Waals surface area (Å²) < 4.78 is 11.6. The monoisotopic (exact) mass is 455 g/mol. The van der Waals surface area contributed by atoms with E-state index in [0.717, 1.165) is 35.3 Å². The number of esters is 1. The zero-order valence-electron chi connectivity index (χ0n) is 19.8. The molecule has 2 aromatic rings. The minimum absolute atomic E-state index is 0.0376. The van der Waals surface area contributed by atoms with E-state index >= 15 is 0 Å². The summed E-state index contributed by atoms with van der Waals surface area (Å²) in [6, 6.07) is 5.72. The summed E-state index contributed by atoms with van der Waals surface area (Å²) in [6.45, 7) is 7.74. The first-order valence-electron chi connectivity index (χ1n) is 11.4. The van der Waals surface area contributed by atoms with Gasteiger partial charge in [-0.1, -0.05) is 6.07 Å². The van der Waals surface area contributed by atoms with Gasteiger partial charge in [-0.05, 0) is 87.8 Å². The van der Waals surface area contributed by atoms with Crippen molar-refractivity contribution in [1.29, 1.82) is 0 Å². The number of nitrogens with zero attached hydrogens (tertiary/aromatic N) is 1. The highest BCUT2D eigenvalue weighted by Gasteiger charge is 2.34. The Hall–Kier alpha value is -2.93. The first-order chi connectivity index (χ1) is 15.6. The Bertz CT molecular complexity index is 975. The van der Waals surface area contributed by atoms with Crippen molar-refractivity contribution < 1.29 is 29.3 Å². The smallest absolute Gasteiger partial charge is 0.336 e. The maximum atomic E-state index is 11.9. The van der Waals surface area contributed by atoms with E-state index in [9.17, 15) is 19.8 Å². The highest BCUT2D eigenvalue weighted by atomic mass is 16.5. The van der Waals surface area contributed by atoms with E-state index in [1.165, 1.54) is 0 Å². The highest BCUT2D eigenvalue weighted by molar-refractivity contribution is 5.92. The molecule has 2 N–H and O–H groups in total. The van der Waals surface area contributed by atoms with Crippen LogP contribution >= 0.6 is 0 Å². The van der Waals surface area contributed by atoms with Gasteiger partial charge >= 0.3 is 11.9 Å². The minimum atomic E-state index is -0.932. The van der Waals surface area contributed by atoms with E-state index in [0.29, 0.717) is 30.4 Å². The van der Waals surface area contributed by atoms with Gasteiger partial charge in [0.05, 0.1) is 18.1 Å². The van der Waals surface area contributed by atoms with Crippen molar-refractivity contribution in [2.75, 3.05) is 0 Å². The van der Waals surface area contributed by atoms with Crippen molar-refractivity contribution in [1.82, 2.24) is 4.98 Å². The summed E-state index contributed by atoms with van der Waals surface area (Å²) in [6.07, 6.45) is 5.59. The molecule has 7 heteroatoms. The molecule has 1 saturated heterocycles. The Balaban J connectivity index is 0.000000442. The number of pyridine rings is 1. The lowest BCUT2D eigenvalue weighted by molar-refractivity contribution is -0.160. The van der Waals surface area contributed by atoms with Crippen LogP contribution in [0.3, 0.4) is 0 Å². The zero-order valence-corrected chi connectivity index (χ0v) is 19.8. The number of ether oxygens (including phenoxy) is 2. The normalized spacial score (nSPS) is 21.1. The summed E-state index contributed by atoms with van der Waals surface area (Å²) >= 11 is 0. The molecule has 33 heavy (non-hydrogen) atoms. The van der Waals surface area contributed by atoms with E-state index in [2.05, 4.69) is 4.98 Å². The third kappa shape index (κ3) is 6.11. The predicted molar refractivity (Wildman–Crippen MR) is 124 cm³/mol. The number of aliphatic hydroxyl groups excluding tert-OH is 1. The molecule has 0 aliphatic carbocycles. The van der Waals surface area contributed by atoms with Crippen LogP contribution in [-0.4, -0.2) is 44.9 Å². The van der Waals surface area contributed by atoms with Crippen molar-refractivity contribution in [2.24, 2.45) is 0 Å². The number of carbonyl (C=O) groups excluding carboxylic acids is 1. The molecule has 1 fully saturated rings. The summed E-state index contributed by atoms with van der Waals surface area (Å²) in [7, 11) is 0. The minimum Gasteiger partial charge on any atom is -0.487 e. The van der Waals surface area contributed by atoms with Gasteiger partial charge in [0.25, 0.3) is 0 Å². The van der Waals surface area contributed by atoms with Gasteiger partial charge in [0.1, 0.15) is 17.5 Å². The van der Waals surface area contributed by atoms with Crippen molar-refractivity contribution in [2.45, 2.75) is 84.0 Å². The molecule has 0 bridgehead atoms. The van der Waals surface area contributed by atoms with Gasteiger partial charge in [0, 0.05) is 18.8 Å². The number of hydrogen-bond donors (Lipinski definition) is 2. The standard InChI is InChI=1S/C21H28O6.C5H5N/c1-11-15(6-5-14-9-13(22)10-17(23)26-14)19-16(7-8-21(3,4)27-19)12(2)18(11)20(24)25;1-2-4-6-5-3-1/h13-14,22H,5-10H2,1-4H3,(H,24,25);1-5H. The molecule has 4 rings (SSSR count). The zero-order chi connectivity index (χ0) is 24.2. The molecule has 2 unspecified atom stereocenters. The molecule has 1 aromatic carbocycles. The molecular formula is C26H33NO6. The lowest BCUT2D eigenvalue weighted by Gasteiger charge is -2.36. The van der Waals surface area contributed by atoms with Crippen molar-refractivity contribution in [3.8, 4) is 5.75 Å². The predicted octanol–water partition coefficient (Wildman–Crippen LogP) is 4.19. The molecule has 1 aromatic heterocycles. The number of benzene rings is 1. The van der Waals surface area contributed by atoms with Crippen LogP contribution in [0.5, 0.6) is 5.75 Å². The number of carbonyl (C=O) groups is 2. The van der Waals surface area contributed by atoms with Gasteiger partial charge in [0.15, 0.2) is 0 Å². The second kappa shape index (κ2) is 10.3. The summed E-state index contributed by atoms with van der Waals surface area (Å²) in [5.41, 5.74) is 3.35. The van der Waals surface area contributed by atoms with Gasteiger partial charge in [0.2, 0.25) is 0 Å². The van der Waals surface area contributed by atoms with Gasteiger partial charge in [-0.15, -0.1) is 0 Å². The third-order valence-corrected chi connectivity index (χ3v) is 6.29. The van der Waals surface area contributed by atoms with Crippen LogP contribution in [0.15, 0.2) is 30.6 Å². The van der Waals surface area contributed by atoms with E-state index in [-0.39, 0.29) is 24.1 Å². The number of aliphatic hydroxyl groups is 1. The molecular weight excluding hydrogens is 422 g/mol. The molecule has 178 valence electrons. The quantitative estimate of drug-likeness (QED) is 0.666. The Kier molecular flexibility index (Phi) is 7.74. The van der Waals surface area contributed by atoms with Crippen molar-refractivity contribution >= 4 is 11.9 Å². The van der Waals surface area contributed by atoms with Crippen molar-refractivity contribution in [3.05, 3.63) is 58.4 Å². The van der Waals surface area contributed by atoms with Crippen LogP contribution in [0.1, 0.15) is 72.1 Å². The second-order valence-corrected chi connectivity index (χ2v) is 9.35.